The van der Waals surface area contributed by atoms with Crippen molar-refractivity contribution in [1.29, 1.82) is 0 Å². The summed E-state index contributed by atoms with van der Waals surface area (Å²) in [6, 6.07) is 7.43. The topological polar surface area (TPSA) is 39.4 Å². The molecule has 2 rings (SSSR count). The van der Waals surface area contributed by atoms with Crippen LogP contribution in [0.3, 0.4) is 0 Å². The number of hydrogen-bond donors (Lipinski definition) is 0. The lowest BCUT2D eigenvalue weighted by Gasteiger charge is -2.07. The van der Waals surface area contributed by atoms with Gasteiger partial charge >= 0.3 is 5.97 Å². The van der Waals surface area contributed by atoms with E-state index in [1.807, 2.05) is 32.0 Å². The first kappa shape index (κ1) is 13.7. The van der Waals surface area contributed by atoms with Crippen LogP contribution in [0.5, 0.6) is 0 Å². The van der Waals surface area contributed by atoms with Gasteiger partial charge in [-0.1, -0.05) is 13.3 Å². The first-order valence-corrected chi connectivity index (χ1v) is 6.83. The van der Waals surface area contributed by atoms with E-state index in [4.69, 9.17) is 9.15 Å². The molecule has 0 spiro atoms. The third-order valence-corrected chi connectivity index (χ3v) is 2.92. The normalized spacial score (nSPS) is 11.2. The summed E-state index contributed by atoms with van der Waals surface area (Å²) < 4.78 is 10.9. The quantitative estimate of drug-likeness (QED) is 0.752. The number of carbonyl (C=O) groups is 1. The number of hydrogen-bond acceptors (Lipinski definition) is 3. The van der Waals surface area contributed by atoms with Gasteiger partial charge in [0.15, 0.2) is 0 Å². The van der Waals surface area contributed by atoms with Gasteiger partial charge in [-0.15, -0.1) is 0 Å². The molecule has 3 heteroatoms. The smallest absolute Gasteiger partial charge is 0.338 e. The minimum atomic E-state index is -0.284. The zero-order valence-corrected chi connectivity index (χ0v) is 11.7. The van der Waals surface area contributed by atoms with Gasteiger partial charge in [-0.05, 0) is 44.5 Å². The molecule has 0 aliphatic heterocycles. The Morgan fingerprint density at radius 2 is 2.11 bits per heavy atom. The van der Waals surface area contributed by atoms with Crippen molar-refractivity contribution in [3.05, 3.63) is 35.6 Å². The Hall–Kier alpha value is -1.77. The molecule has 0 aliphatic carbocycles. The van der Waals surface area contributed by atoms with Crippen LogP contribution in [0, 0.1) is 0 Å². The fourth-order valence-electron chi connectivity index (χ4n) is 1.98. The van der Waals surface area contributed by atoms with E-state index >= 15 is 0 Å². The lowest BCUT2D eigenvalue weighted by Crippen LogP contribution is -2.11. The summed E-state index contributed by atoms with van der Waals surface area (Å²) in [6.07, 6.45) is 3.09. The number of esters is 1. The number of furan rings is 1. The molecule has 1 heterocycles. The highest BCUT2D eigenvalue weighted by atomic mass is 16.8. The highest BCUT2D eigenvalue weighted by Crippen LogP contribution is 2.22. The molecule has 0 bridgehead atoms. The van der Waals surface area contributed by atoms with Gasteiger partial charge < -0.3 is 9.15 Å². The van der Waals surface area contributed by atoms with Crippen LogP contribution in [0.15, 0.2) is 28.7 Å². The highest BCUT2D eigenvalue weighted by Gasteiger charge is 2.11. The first-order chi connectivity index (χ1) is 9.10. The minimum Gasteiger partial charge on any atom is -0.461 e. The molecule has 0 unspecified atom stereocenters. The molecule has 0 atom stereocenters. The van der Waals surface area contributed by atoms with E-state index < -0.39 is 0 Å². The van der Waals surface area contributed by atoms with E-state index in [2.05, 4.69) is 6.92 Å². The number of carbonyl (C=O) groups excluding carboxylic acids is 1. The van der Waals surface area contributed by atoms with Crippen LogP contribution in [-0.2, 0) is 11.2 Å². The van der Waals surface area contributed by atoms with Crippen LogP contribution in [0.1, 0.15) is 49.7 Å². The Bertz CT molecular complexity index is 566. The van der Waals surface area contributed by atoms with Crippen LogP contribution in [0.25, 0.3) is 11.0 Å². The molecule has 19 heavy (non-hydrogen) atoms. The standard InChI is InChI=1S/C16H20O3/c1-4-5-6-14-10-13-9-12(7-8-15(13)19-14)16(17)18-11(2)3/h7-11H,4-6H2,1-3H3/i16+2. The third kappa shape index (κ3) is 3.37. The second-order valence-electron chi connectivity index (χ2n) is 5.02. The summed E-state index contributed by atoms with van der Waals surface area (Å²) in [7, 11) is 0. The summed E-state index contributed by atoms with van der Waals surface area (Å²) in [5.41, 5.74) is 1.40. The molecule has 0 fully saturated rings. The van der Waals surface area contributed by atoms with Crippen LogP contribution < -0.4 is 0 Å². The molecule has 0 saturated carbocycles. The Morgan fingerprint density at radius 1 is 1.32 bits per heavy atom. The van der Waals surface area contributed by atoms with E-state index in [-0.39, 0.29) is 12.1 Å². The SMILES string of the molecule is CCCCc1cc2cc([14C](=O)OC(C)C)ccc2o1. The van der Waals surface area contributed by atoms with Gasteiger partial charge in [0.1, 0.15) is 11.3 Å². The van der Waals surface area contributed by atoms with Gasteiger partial charge in [-0.3, -0.25) is 0 Å². The predicted molar refractivity (Wildman–Crippen MR) is 75.4 cm³/mol. The second kappa shape index (κ2) is 5.91. The lowest BCUT2D eigenvalue weighted by atomic mass is 10.2. The van der Waals surface area contributed by atoms with Crippen molar-refractivity contribution in [3.63, 3.8) is 0 Å². The highest BCUT2D eigenvalue weighted by molar-refractivity contribution is 5.94. The second-order valence-corrected chi connectivity index (χ2v) is 5.02. The van der Waals surface area contributed by atoms with E-state index in [0.29, 0.717) is 5.56 Å². The average molecular weight is 262 g/mol. The molecular formula is C16H20O3. The summed E-state index contributed by atoms with van der Waals surface area (Å²) in [6.45, 7) is 5.84. The summed E-state index contributed by atoms with van der Waals surface area (Å²) in [5.74, 6) is 0.694. The molecule has 0 saturated heterocycles. The van der Waals surface area contributed by atoms with Gasteiger partial charge in [0.25, 0.3) is 0 Å². The van der Waals surface area contributed by atoms with E-state index in [9.17, 15) is 4.79 Å². The van der Waals surface area contributed by atoms with Crippen LogP contribution in [0.4, 0.5) is 0 Å². The number of aryl methyl sites for hydroxylation is 1. The van der Waals surface area contributed by atoms with Crippen molar-refractivity contribution >= 4 is 16.9 Å². The van der Waals surface area contributed by atoms with Gasteiger partial charge in [0.2, 0.25) is 0 Å². The van der Waals surface area contributed by atoms with Gasteiger partial charge in [-0.2, -0.15) is 0 Å². The maximum absolute atomic E-state index is 11.8. The van der Waals surface area contributed by atoms with Gasteiger partial charge in [0, 0.05) is 11.8 Å². The maximum Gasteiger partial charge on any atom is 0.338 e. The largest absolute Gasteiger partial charge is 0.461 e. The number of rotatable bonds is 5. The fraction of sp³-hybridized carbons (Fsp3) is 0.438. The van der Waals surface area contributed by atoms with Crippen molar-refractivity contribution in [1.82, 2.24) is 0 Å². The van der Waals surface area contributed by atoms with Crippen LogP contribution >= 0.6 is 0 Å². The molecule has 0 aliphatic rings. The van der Waals surface area contributed by atoms with Gasteiger partial charge in [0.05, 0.1) is 11.7 Å². The van der Waals surface area contributed by atoms with E-state index in [1.54, 1.807) is 6.07 Å². The third-order valence-electron chi connectivity index (χ3n) is 2.92. The lowest BCUT2D eigenvalue weighted by molar-refractivity contribution is 0.0378. The molecule has 2 aromatic rings. The van der Waals surface area contributed by atoms with Crippen LogP contribution in [0.2, 0.25) is 0 Å². The van der Waals surface area contributed by atoms with Crippen molar-refractivity contribution in [2.75, 3.05) is 0 Å². The summed E-state index contributed by atoms with van der Waals surface area (Å²) in [5, 5.41) is 0.962. The number of fused-ring (bicyclic) bond motifs is 1. The Morgan fingerprint density at radius 3 is 2.79 bits per heavy atom. The zero-order chi connectivity index (χ0) is 13.8. The van der Waals surface area contributed by atoms with Crippen molar-refractivity contribution < 1.29 is 13.9 Å². The predicted octanol–water partition coefficient (Wildman–Crippen LogP) is 4.34. The molecule has 0 N–H and O–H groups in total. The first-order valence-electron chi connectivity index (χ1n) is 6.83. The summed E-state index contributed by atoms with van der Waals surface area (Å²) >= 11 is 0. The van der Waals surface area contributed by atoms with Gasteiger partial charge in [-0.25, -0.2) is 4.79 Å². The number of unbranched alkanes of at least 4 members (excludes halogenated alkanes) is 1. The molecular weight excluding hydrogens is 242 g/mol. The van der Waals surface area contributed by atoms with E-state index in [0.717, 1.165) is 36.0 Å². The van der Waals surface area contributed by atoms with Crippen LogP contribution in [-0.4, -0.2) is 12.1 Å². The minimum absolute atomic E-state index is 0.104. The Balaban J connectivity index is 2.22. The Labute approximate surface area is 113 Å². The van der Waals surface area contributed by atoms with Crippen molar-refractivity contribution in [2.24, 2.45) is 0 Å². The molecule has 0 amide bonds. The molecule has 3 nitrogen and oxygen atoms in total. The number of ether oxygens (including phenoxy) is 1. The maximum atomic E-state index is 11.8. The molecule has 1 aromatic carbocycles. The van der Waals surface area contributed by atoms with Crippen molar-refractivity contribution in [2.45, 2.75) is 46.1 Å². The summed E-state index contributed by atoms with van der Waals surface area (Å²) in [4.78, 5) is 11.8. The number of benzene rings is 1. The monoisotopic (exact) mass is 262 g/mol. The van der Waals surface area contributed by atoms with Crippen molar-refractivity contribution in [3.8, 4) is 0 Å². The van der Waals surface area contributed by atoms with E-state index in [1.165, 1.54) is 0 Å². The Kier molecular flexibility index (Phi) is 4.25. The average Bonchev–Trinajstić information content (AvgIpc) is 2.77. The molecule has 102 valence electrons. The molecule has 0 radical (unpaired) electrons. The zero-order valence-electron chi connectivity index (χ0n) is 11.7. The fourth-order valence-corrected chi connectivity index (χ4v) is 1.98. The molecule has 1 aromatic heterocycles.